The van der Waals surface area contributed by atoms with Crippen LogP contribution >= 0.6 is 11.6 Å². The fourth-order valence-electron chi connectivity index (χ4n) is 1.28. The minimum Gasteiger partial charge on any atom is -0.293 e. The lowest BCUT2D eigenvalue weighted by molar-refractivity contribution is 0.101. The number of carbonyl (C=O) groups is 1. The number of Topliss-reactive ketones (excluding diaryl/α,β-unsaturated/α-hetero) is 1. The van der Waals surface area contributed by atoms with E-state index in [9.17, 15) is 9.18 Å². The normalized spacial score (nSPS) is 11.5. The molecule has 1 aromatic rings. The Balaban J connectivity index is 3.23. The van der Waals surface area contributed by atoms with E-state index in [1.54, 1.807) is 12.1 Å². The molecule has 0 aromatic heterocycles. The van der Waals surface area contributed by atoms with Gasteiger partial charge in [0.15, 0.2) is 5.78 Å². The number of halogens is 2. The fraction of sp³-hybridized carbons (Fsp3) is 0.417. The summed E-state index contributed by atoms with van der Waals surface area (Å²) in [4.78, 5) is 11.3. The van der Waals surface area contributed by atoms with Crippen molar-refractivity contribution >= 4 is 17.4 Å². The molecule has 82 valence electrons. The highest BCUT2D eigenvalue weighted by atomic mass is 35.5. The molecule has 0 spiro atoms. The highest BCUT2D eigenvalue weighted by molar-refractivity contribution is 6.30. The molecule has 0 saturated carbocycles. The summed E-state index contributed by atoms with van der Waals surface area (Å²) >= 11 is 5.41. The highest BCUT2D eigenvalue weighted by Crippen LogP contribution is 2.24. The third-order valence-corrected chi connectivity index (χ3v) is 2.50. The molecule has 0 saturated heterocycles. The van der Waals surface area contributed by atoms with Crippen LogP contribution in [0.25, 0.3) is 0 Å². The van der Waals surface area contributed by atoms with Gasteiger partial charge in [-0.3, -0.25) is 4.79 Å². The summed E-state index contributed by atoms with van der Waals surface area (Å²) in [6.07, 6.45) is 0. The van der Waals surface area contributed by atoms with Crippen molar-refractivity contribution < 1.29 is 9.18 Å². The van der Waals surface area contributed by atoms with Crippen molar-refractivity contribution in [3.8, 4) is 0 Å². The number of rotatable bonds is 2. The first-order valence-electron chi connectivity index (χ1n) is 4.75. The Hall–Kier alpha value is -0.890. The van der Waals surface area contributed by atoms with E-state index in [0.717, 1.165) is 5.56 Å². The molecule has 1 rings (SSSR count). The molecule has 1 aromatic carbocycles. The lowest BCUT2D eigenvalue weighted by Gasteiger charge is -2.19. The second kappa shape index (κ2) is 4.31. The predicted molar refractivity (Wildman–Crippen MR) is 60.2 cm³/mol. The third-order valence-electron chi connectivity index (χ3n) is 2.25. The van der Waals surface area contributed by atoms with Crippen LogP contribution < -0.4 is 0 Å². The first kappa shape index (κ1) is 12.2. The minimum atomic E-state index is -0.506. The summed E-state index contributed by atoms with van der Waals surface area (Å²) in [5.41, 5.74) is 0.907. The summed E-state index contributed by atoms with van der Waals surface area (Å²) < 4.78 is 13.3. The smallest absolute Gasteiger partial charge is 0.180 e. The summed E-state index contributed by atoms with van der Waals surface area (Å²) in [6, 6.07) is 4.60. The first-order valence-corrected chi connectivity index (χ1v) is 5.29. The van der Waals surface area contributed by atoms with E-state index in [4.69, 9.17) is 11.6 Å². The van der Waals surface area contributed by atoms with E-state index >= 15 is 0 Å². The summed E-state index contributed by atoms with van der Waals surface area (Å²) in [5.74, 6) is -1.07. The lowest BCUT2D eigenvalue weighted by Crippen LogP contribution is -2.13. The van der Waals surface area contributed by atoms with Crippen LogP contribution in [0.2, 0.25) is 0 Å². The lowest BCUT2D eigenvalue weighted by atomic mass is 9.86. The zero-order valence-corrected chi connectivity index (χ0v) is 9.86. The van der Waals surface area contributed by atoms with Crippen LogP contribution in [0.3, 0.4) is 0 Å². The van der Waals surface area contributed by atoms with Gasteiger partial charge in [0, 0.05) is 0 Å². The molecule has 15 heavy (non-hydrogen) atoms. The van der Waals surface area contributed by atoms with Crippen molar-refractivity contribution in [2.45, 2.75) is 26.2 Å². The largest absolute Gasteiger partial charge is 0.293 e. The molecule has 0 N–H and O–H groups in total. The van der Waals surface area contributed by atoms with Crippen LogP contribution in [0.1, 0.15) is 36.7 Å². The van der Waals surface area contributed by atoms with Crippen molar-refractivity contribution in [2.24, 2.45) is 0 Å². The van der Waals surface area contributed by atoms with Gasteiger partial charge in [0.1, 0.15) is 5.82 Å². The monoisotopic (exact) mass is 228 g/mol. The molecule has 0 aliphatic carbocycles. The SMILES string of the molecule is CC(C)(C)c1ccc(F)c(C(=O)CCl)c1. The molecule has 0 radical (unpaired) electrons. The Morgan fingerprint density at radius 1 is 1.40 bits per heavy atom. The van der Waals surface area contributed by atoms with Crippen LogP contribution in [0.5, 0.6) is 0 Å². The molecular weight excluding hydrogens is 215 g/mol. The molecule has 0 bridgehead atoms. The summed E-state index contributed by atoms with van der Waals surface area (Å²) in [6.45, 7) is 6.03. The van der Waals surface area contributed by atoms with Crippen molar-refractivity contribution in [3.63, 3.8) is 0 Å². The van der Waals surface area contributed by atoms with E-state index < -0.39 is 5.82 Å². The van der Waals surface area contributed by atoms with Gasteiger partial charge < -0.3 is 0 Å². The van der Waals surface area contributed by atoms with E-state index in [-0.39, 0.29) is 22.6 Å². The molecule has 0 atom stereocenters. The van der Waals surface area contributed by atoms with Gasteiger partial charge in [-0.05, 0) is 23.1 Å². The summed E-state index contributed by atoms with van der Waals surface area (Å²) in [5, 5.41) is 0. The molecule has 0 unspecified atom stereocenters. The van der Waals surface area contributed by atoms with Crippen LogP contribution in [0, 0.1) is 5.82 Å². The number of hydrogen-bond acceptors (Lipinski definition) is 1. The fourth-order valence-corrected chi connectivity index (χ4v) is 1.42. The zero-order chi connectivity index (χ0) is 11.6. The first-order chi connectivity index (χ1) is 6.86. The van der Waals surface area contributed by atoms with Crippen molar-refractivity contribution in [1.82, 2.24) is 0 Å². The zero-order valence-electron chi connectivity index (χ0n) is 9.10. The molecule has 0 fully saturated rings. The second-order valence-corrected chi connectivity index (χ2v) is 4.77. The van der Waals surface area contributed by atoms with Crippen molar-refractivity contribution in [1.29, 1.82) is 0 Å². The van der Waals surface area contributed by atoms with Gasteiger partial charge in [0.25, 0.3) is 0 Å². The topological polar surface area (TPSA) is 17.1 Å². The van der Waals surface area contributed by atoms with Gasteiger partial charge in [-0.15, -0.1) is 11.6 Å². The van der Waals surface area contributed by atoms with E-state index in [2.05, 4.69) is 0 Å². The number of ketones is 1. The Kier molecular flexibility index (Phi) is 3.50. The Morgan fingerprint density at radius 2 is 2.00 bits per heavy atom. The average Bonchev–Trinajstić information content (AvgIpc) is 2.15. The van der Waals surface area contributed by atoms with Gasteiger partial charge in [0.05, 0.1) is 11.4 Å². The summed E-state index contributed by atoms with van der Waals surface area (Å²) in [7, 11) is 0. The Labute approximate surface area is 94.3 Å². The number of benzene rings is 1. The predicted octanol–water partition coefficient (Wildman–Crippen LogP) is 3.54. The quantitative estimate of drug-likeness (QED) is 0.559. The second-order valence-electron chi connectivity index (χ2n) is 4.50. The molecule has 3 heteroatoms. The molecular formula is C12H14ClFO. The third kappa shape index (κ3) is 2.78. The maximum atomic E-state index is 13.3. The Morgan fingerprint density at radius 3 is 2.47 bits per heavy atom. The van der Waals surface area contributed by atoms with Crippen LogP contribution in [0.15, 0.2) is 18.2 Å². The molecule has 0 heterocycles. The van der Waals surface area contributed by atoms with Crippen LogP contribution in [-0.2, 0) is 5.41 Å². The average molecular weight is 229 g/mol. The maximum absolute atomic E-state index is 13.3. The standard InChI is InChI=1S/C12H14ClFO/c1-12(2,3)8-4-5-10(14)9(6-8)11(15)7-13/h4-6H,7H2,1-3H3. The van der Waals surface area contributed by atoms with Gasteiger partial charge in [-0.25, -0.2) is 4.39 Å². The van der Waals surface area contributed by atoms with Gasteiger partial charge in [-0.1, -0.05) is 26.8 Å². The molecule has 1 nitrogen and oxygen atoms in total. The maximum Gasteiger partial charge on any atom is 0.180 e. The van der Waals surface area contributed by atoms with Crippen LogP contribution in [-0.4, -0.2) is 11.7 Å². The van der Waals surface area contributed by atoms with Crippen molar-refractivity contribution in [3.05, 3.63) is 35.1 Å². The van der Waals surface area contributed by atoms with E-state index in [1.165, 1.54) is 6.07 Å². The van der Waals surface area contributed by atoms with Crippen LogP contribution in [0.4, 0.5) is 4.39 Å². The molecule has 0 aliphatic heterocycles. The number of hydrogen-bond donors (Lipinski definition) is 0. The van der Waals surface area contributed by atoms with E-state index in [0.29, 0.717) is 0 Å². The van der Waals surface area contributed by atoms with Gasteiger partial charge >= 0.3 is 0 Å². The van der Waals surface area contributed by atoms with Gasteiger partial charge in [-0.2, -0.15) is 0 Å². The highest BCUT2D eigenvalue weighted by Gasteiger charge is 2.18. The molecule has 0 amide bonds. The Bertz CT molecular complexity index is 380. The van der Waals surface area contributed by atoms with Crippen molar-refractivity contribution in [2.75, 3.05) is 5.88 Å². The number of carbonyl (C=O) groups excluding carboxylic acids is 1. The minimum absolute atomic E-state index is 0.0809. The number of alkyl halides is 1. The van der Waals surface area contributed by atoms with Gasteiger partial charge in [0.2, 0.25) is 0 Å². The van der Waals surface area contributed by atoms with E-state index in [1.807, 2.05) is 20.8 Å². The molecule has 0 aliphatic rings.